The molecule has 1 aromatic carbocycles. The van der Waals surface area contributed by atoms with E-state index in [0.717, 1.165) is 0 Å². The molecule has 0 saturated carbocycles. The van der Waals surface area contributed by atoms with Crippen molar-refractivity contribution in [3.8, 4) is 0 Å². The first kappa shape index (κ1) is 16.2. The van der Waals surface area contributed by atoms with Crippen LogP contribution in [-0.4, -0.2) is 34.9 Å². The van der Waals surface area contributed by atoms with Gasteiger partial charge >= 0.3 is 5.97 Å². The second-order valence-corrected chi connectivity index (χ2v) is 6.36. The van der Waals surface area contributed by atoms with Crippen molar-refractivity contribution in [3.63, 3.8) is 0 Å². The van der Waals surface area contributed by atoms with Crippen molar-refractivity contribution in [3.05, 3.63) is 35.9 Å². The highest BCUT2D eigenvalue weighted by atomic mass is 32.2. The van der Waals surface area contributed by atoms with E-state index in [1.807, 2.05) is 6.07 Å². The van der Waals surface area contributed by atoms with Gasteiger partial charge in [-0.1, -0.05) is 53.4 Å². The molecule has 0 bridgehead atoms. The van der Waals surface area contributed by atoms with Gasteiger partial charge in [0.2, 0.25) is 11.0 Å². The highest BCUT2D eigenvalue weighted by Crippen LogP contribution is 2.23. The number of aromatic nitrogens is 2. The van der Waals surface area contributed by atoms with E-state index in [0.29, 0.717) is 15.0 Å². The summed E-state index contributed by atoms with van der Waals surface area (Å²) in [4.78, 5) is 23.9. The number of thioether (sulfide) groups is 1. The highest BCUT2D eigenvalue weighted by molar-refractivity contribution is 8.01. The zero-order valence-electron chi connectivity index (χ0n) is 11.7. The van der Waals surface area contributed by atoms with Gasteiger partial charge in [-0.2, -0.15) is 0 Å². The molecule has 2 rings (SSSR count). The molecule has 0 aliphatic carbocycles. The van der Waals surface area contributed by atoms with Crippen molar-refractivity contribution in [1.82, 2.24) is 15.5 Å². The normalized spacial score (nSPS) is 11.7. The van der Waals surface area contributed by atoms with Crippen LogP contribution in [0.25, 0.3) is 0 Å². The van der Waals surface area contributed by atoms with Crippen molar-refractivity contribution in [2.45, 2.75) is 10.4 Å². The summed E-state index contributed by atoms with van der Waals surface area (Å²) in [5.41, 5.74) is 6.13. The third kappa shape index (κ3) is 4.43. The van der Waals surface area contributed by atoms with Gasteiger partial charge in [-0.15, -0.1) is 10.2 Å². The minimum absolute atomic E-state index is 0.106. The van der Waals surface area contributed by atoms with Crippen LogP contribution in [0.4, 0.5) is 5.13 Å². The maximum atomic E-state index is 12.0. The molecule has 0 spiro atoms. The van der Waals surface area contributed by atoms with Crippen molar-refractivity contribution in [2.75, 3.05) is 18.6 Å². The lowest BCUT2D eigenvalue weighted by molar-refractivity contribution is -0.145. The maximum Gasteiger partial charge on any atom is 0.333 e. The van der Waals surface area contributed by atoms with Crippen molar-refractivity contribution in [1.29, 1.82) is 0 Å². The SMILES string of the molecule is COC(=O)[C@@H](NC(=O)CSc1nnc(N)s1)c1ccccc1. The van der Waals surface area contributed by atoms with Crippen LogP contribution < -0.4 is 11.1 Å². The summed E-state index contributed by atoms with van der Waals surface area (Å²) in [6.45, 7) is 0. The fraction of sp³-hybridized carbons (Fsp3) is 0.231. The first-order valence-corrected chi connectivity index (χ1v) is 8.04. The second-order valence-electron chi connectivity index (χ2n) is 4.13. The molecule has 9 heteroatoms. The first-order chi connectivity index (χ1) is 10.6. The van der Waals surface area contributed by atoms with Crippen molar-refractivity contribution in [2.24, 2.45) is 0 Å². The van der Waals surface area contributed by atoms with Gasteiger partial charge in [-0.05, 0) is 5.56 Å². The topological polar surface area (TPSA) is 107 Å². The molecule has 1 aromatic heterocycles. The Balaban J connectivity index is 1.98. The average molecular weight is 338 g/mol. The quantitative estimate of drug-likeness (QED) is 0.603. The number of benzene rings is 1. The fourth-order valence-corrected chi connectivity index (χ4v) is 3.10. The van der Waals surface area contributed by atoms with Crippen LogP contribution in [0.1, 0.15) is 11.6 Å². The van der Waals surface area contributed by atoms with Gasteiger partial charge in [0, 0.05) is 0 Å². The average Bonchev–Trinajstić information content (AvgIpc) is 2.96. The summed E-state index contributed by atoms with van der Waals surface area (Å²) in [5, 5.41) is 10.5. The third-order valence-corrected chi connectivity index (χ3v) is 4.51. The highest BCUT2D eigenvalue weighted by Gasteiger charge is 2.23. The number of nitrogens with one attached hydrogen (secondary N) is 1. The van der Waals surface area contributed by atoms with Crippen LogP contribution in [0.5, 0.6) is 0 Å². The van der Waals surface area contributed by atoms with Crippen molar-refractivity contribution < 1.29 is 14.3 Å². The van der Waals surface area contributed by atoms with Gasteiger partial charge in [-0.25, -0.2) is 4.79 Å². The number of nitrogens with two attached hydrogens (primary N) is 1. The van der Waals surface area contributed by atoms with Crippen molar-refractivity contribution >= 4 is 40.1 Å². The molecule has 0 radical (unpaired) electrons. The molecule has 1 atom stereocenters. The smallest absolute Gasteiger partial charge is 0.333 e. The molecule has 3 N–H and O–H groups in total. The number of nitrogen functional groups attached to an aromatic ring is 1. The number of amides is 1. The van der Waals surface area contributed by atoms with Crippen LogP contribution in [0, 0.1) is 0 Å². The molecule has 0 aliphatic rings. The first-order valence-electron chi connectivity index (χ1n) is 6.24. The molecule has 7 nitrogen and oxygen atoms in total. The van der Waals surface area contributed by atoms with E-state index < -0.39 is 12.0 Å². The van der Waals surface area contributed by atoms with Gasteiger partial charge < -0.3 is 15.8 Å². The molecule has 0 saturated heterocycles. The zero-order chi connectivity index (χ0) is 15.9. The number of methoxy groups -OCH3 is 1. The Bertz CT molecular complexity index is 648. The van der Waals surface area contributed by atoms with E-state index in [1.165, 1.54) is 30.2 Å². The number of nitrogens with zero attached hydrogens (tertiary/aromatic N) is 2. The number of hydrogen-bond acceptors (Lipinski definition) is 8. The fourth-order valence-electron chi connectivity index (χ4n) is 1.65. The zero-order valence-corrected chi connectivity index (χ0v) is 13.3. The predicted molar refractivity (Wildman–Crippen MR) is 84.4 cm³/mol. The molecule has 22 heavy (non-hydrogen) atoms. The summed E-state index contributed by atoms with van der Waals surface area (Å²) < 4.78 is 5.34. The van der Waals surface area contributed by atoms with Crippen LogP contribution in [-0.2, 0) is 14.3 Å². The van der Waals surface area contributed by atoms with Crippen LogP contribution >= 0.6 is 23.1 Å². The molecule has 2 aromatic rings. The van der Waals surface area contributed by atoms with Gasteiger partial charge in [-0.3, -0.25) is 4.79 Å². The number of anilines is 1. The minimum Gasteiger partial charge on any atom is -0.467 e. The lowest BCUT2D eigenvalue weighted by atomic mass is 10.1. The Morgan fingerprint density at radius 2 is 2.09 bits per heavy atom. The standard InChI is InChI=1S/C13H14N4O3S2/c1-20-11(19)10(8-5-3-2-4-6-8)15-9(18)7-21-13-17-16-12(14)22-13/h2-6,10H,7H2,1H3,(H2,14,16)(H,15,18)/t10-/m0/s1. The molecule has 0 fully saturated rings. The summed E-state index contributed by atoms with van der Waals surface area (Å²) in [7, 11) is 1.28. The summed E-state index contributed by atoms with van der Waals surface area (Å²) >= 11 is 2.41. The van der Waals surface area contributed by atoms with Gasteiger partial charge in [0.1, 0.15) is 0 Å². The Hall–Kier alpha value is -2.13. The van der Waals surface area contributed by atoms with E-state index in [4.69, 9.17) is 10.5 Å². The van der Waals surface area contributed by atoms with Gasteiger partial charge in [0.25, 0.3) is 0 Å². The molecule has 1 heterocycles. The van der Waals surface area contributed by atoms with E-state index in [1.54, 1.807) is 24.3 Å². The number of carbonyl (C=O) groups is 2. The molecular formula is C13H14N4O3S2. The molecular weight excluding hydrogens is 324 g/mol. The van der Waals surface area contributed by atoms with Gasteiger partial charge in [0.15, 0.2) is 10.4 Å². The number of esters is 1. The van der Waals surface area contributed by atoms with E-state index in [9.17, 15) is 9.59 Å². The van der Waals surface area contributed by atoms with Gasteiger partial charge in [0.05, 0.1) is 12.9 Å². The summed E-state index contributed by atoms with van der Waals surface area (Å²) in [6, 6.07) is 8.07. The molecule has 0 aliphatic heterocycles. The Morgan fingerprint density at radius 3 is 2.68 bits per heavy atom. The van der Waals surface area contributed by atoms with E-state index in [2.05, 4.69) is 15.5 Å². The monoisotopic (exact) mass is 338 g/mol. The number of hydrogen-bond donors (Lipinski definition) is 2. The summed E-state index contributed by atoms with van der Waals surface area (Å²) in [6.07, 6.45) is 0. The lowest BCUT2D eigenvalue weighted by Crippen LogP contribution is -2.35. The minimum atomic E-state index is -0.834. The van der Waals surface area contributed by atoms with Crippen LogP contribution in [0.15, 0.2) is 34.7 Å². The Kier molecular flexibility index (Phi) is 5.73. The lowest BCUT2D eigenvalue weighted by Gasteiger charge is -2.16. The number of rotatable bonds is 6. The predicted octanol–water partition coefficient (Wildman–Crippen LogP) is 1.24. The van der Waals surface area contributed by atoms with E-state index in [-0.39, 0.29) is 11.7 Å². The molecule has 116 valence electrons. The van der Waals surface area contributed by atoms with Crippen LogP contribution in [0.3, 0.4) is 0 Å². The maximum absolute atomic E-state index is 12.0. The van der Waals surface area contributed by atoms with E-state index >= 15 is 0 Å². The largest absolute Gasteiger partial charge is 0.467 e. The second kappa shape index (κ2) is 7.76. The molecule has 0 unspecified atom stereocenters. The number of carbonyl (C=O) groups excluding carboxylic acids is 2. The Labute approximate surface area is 135 Å². The summed E-state index contributed by atoms with van der Waals surface area (Å²) in [5.74, 6) is -0.725. The van der Waals surface area contributed by atoms with Crippen LogP contribution in [0.2, 0.25) is 0 Å². The Morgan fingerprint density at radius 1 is 1.36 bits per heavy atom. The third-order valence-electron chi connectivity index (χ3n) is 2.62. The number of ether oxygens (including phenoxy) is 1. The molecule has 1 amide bonds.